The van der Waals surface area contributed by atoms with E-state index in [9.17, 15) is 4.79 Å². The van der Waals surface area contributed by atoms with E-state index >= 15 is 0 Å². The molecule has 3 heteroatoms. The molecule has 3 atom stereocenters. The van der Waals surface area contributed by atoms with Crippen LogP contribution in [0.1, 0.15) is 20.3 Å². The molecule has 3 nitrogen and oxygen atoms in total. The van der Waals surface area contributed by atoms with Gasteiger partial charge in [-0.3, -0.25) is 4.79 Å². The van der Waals surface area contributed by atoms with Crippen molar-refractivity contribution in [2.24, 2.45) is 11.8 Å². The number of rotatable bonds is 0. The molecule has 2 heterocycles. The predicted octanol–water partition coefficient (Wildman–Crippen LogP) is 0.547. The van der Waals surface area contributed by atoms with Gasteiger partial charge in [-0.25, -0.2) is 0 Å². The Kier molecular flexibility index (Phi) is 1.65. The summed E-state index contributed by atoms with van der Waals surface area (Å²) in [6, 6.07) is 0. The average Bonchev–Trinajstić information content (AvgIpc) is 2.57. The molecule has 0 bridgehead atoms. The third kappa shape index (κ3) is 0.891. The SMILES string of the molecule is CC1C(=O)OC2(CCNC2)C1C. The van der Waals surface area contributed by atoms with Crippen LogP contribution in [0.25, 0.3) is 0 Å². The topological polar surface area (TPSA) is 38.3 Å². The van der Waals surface area contributed by atoms with Crippen LogP contribution < -0.4 is 5.32 Å². The van der Waals surface area contributed by atoms with Crippen LogP contribution in [0.3, 0.4) is 0 Å². The highest BCUT2D eigenvalue weighted by molar-refractivity contribution is 5.75. The lowest BCUT2D eigenvalue weighted by molar-refractivity contribution is -0.149. The fourth-order valence-electron chi connectivity index (χ4n) is 2.21. The van der Waals surface area contributed by atoms with Gasteiger partial charge in [0, 0.05) is 18.9 Å². The van der Waals surface area contributed by atoms with Crippen LogP contribution >= 0.6 is 0 Å². The lowest BCUT2D eigenvalue weighted by Gasteiger charge is -2.25. The predicted molar refractivity (Wildman–Crippen MR) is 44.6 cm³/mol. The highest BCUT2D eigenvalue weighted by Crippen LogP contribution is 2.40. The summed E-state index contributed by atoms with van der Waals surface area (Å²) in [6.45, 7) is 5.89. The van der Waals surface area contributed by atoms with Crippen molar-refractivity contribution in [2.45, 2.75) is 25.9 Å². The summed E-state index contributed by atoms with van der Waals surface area (Å²) in [4.78, 5) is 11.3. The van der Waals surface area contributed by atoms with E-state index in [-0.39, 0.29) is 17.5 Å². The minimum Gasteiger partial charge on any atom is -0.457 e. The molecule has 2 fully saturated rings. The number of ether oxygens (including phenoxy) is 1. The fourth-order valence-corrected chi connectivity index (χ4v) is 2.21. The van der Waals surface area contributed by atoms with Crippen LogP contribution in [-0.2, 0) is 9.53 Å². The zero-order valence-corrected chi connectivity index (χ0v) is 7.59. The maximum atomic E-state index is 11.3. The Hall–Kier alpha value is -0.570. The second-order valence-corrected chi connectivity index (χ2v) is 3.99. The van der Waals surface area contributed by atoms with Gasteiger partial charge in [0.2, 0.25) is 0 Å². The van der Waals surface area contributed by atoms with Crippen molar-refractivity contribution in [3.8, 4) is 0 Å². The molecule has 0 amide bonds. The minimum atomic E-state index is -0.170. The minimum absolute atomic E-state index is 0.0220. The zero-order chi connectivity index (χ0) is 8.77. The van der Waals surface area contributed by atoms with E-state index in [2.05, 4.69) is 12.2 Å². The van der Waals surface area contributed by atoms with Gasteiger partial charge in [0.1, 0.15) is 5.60 Å². The number of carbonyl (C=O) groups excluding carboxylic acids is 1. The second-order valence-electron chi connectivity index (χ2n) is 3.99. The molecule has 0 aromatic heterocycles. The lowest BCUT2D eigenvalue weighted by Crippen LogP contribution is -2.37. The van der Waals surface area contributed by atoms with Crippen molar-refractivity contribution in [3.63, 3.8) is 0 Å². The van der Waals surface area contributed by atoms with Crippen LogP contribution in [-0.4, -0.2) is 24.7 Å². The van der Waals surface area contributed by atoms with E-state index in [0.717, 1.165) is 19.5 Å². The lowest BCUT2D eigenvalue weighted by atomic mass is 9.83. The smallest absolute Gasteiger partial charge is 0.309 e. The monoisotopic (exact) mass is 169 g/mol. The molecule has 2 aliphatic heterocycles. The number of esters is 1. The summed E-state index contributed by atoms with van der Waals surface area (Å²) in [7, 11) is 0. The fraction of sp³-hybridized carbons (Fsp3) is 0.889. The Morgan fingerprint density at radius 2 is 2.33 bits per heavy atom. The Bertz CT molecular complexity index is 209. The molecule has 0 aliphatic carbocycles. The average molecular weight is 169 g/mol. The Labute approximate surface area is 72.5 Å². The van der Waals surface area contributed by atoms with Crippen molar-refractivity contribution < 1.29 is 9.53 Å². The molecule has 3 unspecified atom stereocenters. The molecule has 2 aliphatic rings. The number of hydrogen-bond acceptors (Lipinski definition) is 3. The normalized spacial score (nSPS) is 47.0. The first kappa shape index (κ1) is 8.05. The largest absolute Gasteiger partial charge is 0.457 e. The van der Waals surface area contributed by atoms with Gasteiger partial charge < -0.3 is 10.1 Å². The molecule has 12 heavy (non-hydrogen) atoms. The Morgan fingerprint density at radius 3 is 2.75 bits per heavy atom. The number of nitrogens with one attached hydrogen (secondary N) is 1. The third-order valence-electron chi connectivity index (χ3n) is 3.40. The number of hydrogen-bond donors (Lipinski definition) is 1. The van der Waals surface area contributed by atoms with Gasteiger partial charge in [-0.2, -0.15) is 0 Å². The van der Waals surface area contributed by atoms with Gasteiger partial charge in [-0.1, -0.05) is 13.8 Å². The molecule has 1 spiro atoms. The molecule has 0 aromatic rings. The van der Waals surface area contributed by atoms with E-state index in [0.29, 0.717) is 5.92 Å². The summed E-state index contributed by atoms with van der Waals surface area (Å²) < 4.78 is 5.43. The first-order chi connectivity index (χ1) is 5.66. The summed E-state index contributed by atoms with van der Waals surface area (Å²) in [5, 5.41) is 3.25. The summed E-state index contributed by atoms with van der Waals surface area (Å²) in [5.74, 6) is 0.413. The summed E-state index contributed by atoms with van der Waals surface area (Å²) in [6.07, 6.45) is 0.976. The van der Waals surface area contributed by atoms with E-state index in [1.165, 1.54) is 0 Å². The van der Waals surface area contributed by atoms with E-state index in [1.54, 1.807) is 0 Å². The maximum Gasteiger partial charge on any atom is 0.309 e. The number of carbonyl (C=O) groups is 1. The van der Waals surface area contributed by atoms with Crippen molar-refractivity contribution >= 4 is 5.97 Å². The quantitative estimate of drug-likeness (QED) is 0.538. The Morgan fingerprint density at radius 1 is 1.58 bits per heavy atom. The highest BCUT2D eigenvalue weighted by atomic mass is 16.6. The van der Waals surface area contributed by atoms with Gasteiger partial charge in [0.15, 0.2) is 0 Å². The van der Waals surface area contributed by atoms with E-state index in [1.807, 2.05) is 6.92 Å². The molecule has 0 saturated carbocycles. The van der Waals surface area contributed by atoms with Crippen molar-refractivity contribution in [3.05, 3.63) is 0 Å². The highest BCUT2D eigenvalue weighted by Gasteiger charge is 2.52. The van der Waals surface area contributed by atoms with E-state index < -0.39 is 0 Å². The standard InChI is InChI=1S/C9H15NO2/c1-6-7(2)9(12-8(6)11)3-4-10-5-9/h6-7,10H,3-5H2,1-2H3. The van der Waals surface area contributed by atoms with Crippen molar-refractivity contribution in [1.29, 1.82) is 0 Å². The van der Waals surface area contributed by atoms with Gasteiger partial charge in [-0.05, 0) is 6.54 Å². The van der Waals surface area contributed by atoms with Gasteiger partial charge in [0.05, 0.1) is 5.92 Å². The van der Waals surface area contributed by atoms with Crippen LogP contribution in [0.15, 0.2) is 0 Å². The first-order valence-corrected chi connectivity index (χ1v) is 4.59. The van der Waals surface area contributed by atoms with Crippen LogP contribution in [0.2, 0.25) is 0 Å². The molecule has 2 saturated heterocycles. The van der Waals surface area contributed by atoms with Crippen LogP contribution in [0.5, 0.6) is 0 Å². The van der Waals surface area contributed by atoms with Crippen molar-refractivity contribution in [2.75, 3.05) is 13.1 Å². The van der Waals surface area contributed by atoms with E-state index in [4.69, 9.17) is 4.74 Å². The molecule has 1 N–H and O–H groups in total. The van der Waals surface area contributed by atoms with Gasteiger partial charge >= 0.3 is 5.97 Å². The molecule has 0 radical (unpaired) electrons. The third-order valence-corrected chi connectivity index (χ3v) is 3.40. The summed E-state index contributed by atoms with van der Waals surface area (Å²) in [5.41, 5.74) is -0.170. The molecular formula is C9H15NO2. The molecule has 0 aromatic carbocycles. The molecular weight excluding hydrogens is 154 g/mol. The second kappa shape index (κ2) is 2.46. The molecule has 2 rings (SSSR count). The van der Waals surface area contributed by atoms with Crippen LogP contribution in [0, 0.1) is 11.8 Å². The zero-order valence-electron chi connectivity index (χ0n) is 7.59. The van der Waals surface area contributed by atoms with Crippen molar-refractivity contribution in [1.82, 2.24) is 5.32 Å². The molecule has 68 valence electrons. The van der Waals surface area contributed by atoms with Crippen LogP contribution in [0.4, 0.5) is 0 Å². The maximum absolute atomic E-state index is 11.3. The van der Waals surface area contributed by atoms with Gasteiger partial charge in [-0.15, -0.1) is 0 Å². The Balaban J connectivity index is 2.23. The first-order valence-electron chi connectivity index (χ1n) is 4.59. The van der Waals surface area contributed by atoms with Gasteiger partial charge in [0.25, 0.3) is 0 Å². The summed E-state index contributed by atoms with van der Waals surface area (Å²) >= 11 is 0.